The van der Waals surface area contributed by atoms with E-state index in [0.717, 1.165) is 16.5 Å². The highest BCUT2D eigenvalue weighted by molar-refractivity contribution is 9.10. The Balaban J connectivity index is 2.21. The second-order valence-electron chi connectivity index (χ2n) is 5.38. The largest absolute Gasteiger partial charge is 0.378 e. The van der Waals surface area contributed by atoms with Gasteiger partial charge in [-0.15, -0.1) is 0 Å². The lowest BCUT2D eigenvalue weighted by Crippen LogP contribution is -2.32. The predicted molar refractivity (Wildman–Crippen MR) is 85.5 cm³/mol. The summed E-state index contributed by atoms with van der Waals surface area (Å²) < 4.78 is 34.0. The zero-order valence-electron chi connectivity index (χ0n) is 12.2. The molecule has 0 saturated carbocycles. The van der Waals surface area contributed by atoms with Crippen LogP contribution in [0.15, 0.2) is 21.5 Å². The molecule has 1 aliphatic rings. The Morgan fingerprint density at radius 2 is 2.19 bits per heavy atom. The number of sulfonamides is 1. The van der Waals surface area contributed by atoms with E-state index in [1.165, 1.54) is 0 Å². The number of nitrogens with one attached hydrogen (secondary N) is 1. The second-order valence-corrected chi connectivity index (χ2v) is 7.97. The molecule has 0 aliphatic carbocycles. The minimum Gasteiger partial charge on any atom is -0.378 e. The van der Waals surface area contributed by atoms with Gasteiger partial charge in [0.25, 0.3) is 0 Å². The van der Waals surface area contributed by atoms with Crippen LogP contribution in [0.2, 0.25) is 0 Å². The summed E-state index contributed by atoms with van der Waals surface area (Å²) >= 11 is 3.39. The number of benzene rings is 1. The summed E-state index contributed by atoms with van der Waals surface area (Å²) in [5.74, 6) is 0.223. The monoisotopic (exact) mass is 376 g/mol. The zero-order valence-corrected chi connectivity index (χ0v) is 14.6. The van der Waals surface area contributed by atoms with Gasteiger partial charge in [0.1, 0.15) is 0 Å². The van der Waals surface area contributed by atoms with Gasteiger partial charge in [-0.25, -0.2) is 13.1 Å². The Kier molecular flexibility index (Phi) is 5.43. The predicted octanol–water partition coefficient (Wildman–Crippen LogP) is 1.92. The van der Waals surface area contributed by atoms with Gasteiger partial charge in [0, 0.05) is 30.1 Å². The molecule has 1 aromatic rings. The van der Waals surface area contributed by atoms with Crippen molar-refractivity contribution in [3.8, 4) is 0 Å². The van der Waals surface area contributed by atoms with Crippen molar-refractivity contribution in [1.82, 2.24) is 4.72 Å². The summed E-state index contributed by atoms with van der Waals surface area (Å²) in [7, 11) is -3.55. The van der Waals surface area contributed by atoms with Crippen molar-refractivity contribution in [3.05, 3.63) is 27.7 Å². The van der Waals surface area contributed by atoms with E-state index in [1.807, 2.05) is 13.0 Å². The molecule has 1 fully saturated rings. The lowest BCUT2D eigenvalue weighted by atomic mass is 10.0. The Morgan fingerprint density at radius 1 is 1.48 bits per heavy atom. The van der Waals surface area contributed by atoms with E-state index in [4.69, 9.17) is 10.5 Å². The smallest absolute Gasteiger partial charge is 0.240 e. The van der Waals surface area contributed by atoms with E-state index < -0.39 is 10.0 Å². The number of hydrogen-bond donors (Lipinski definition) is 2. The third kappa shape index (κ3) is 3.84. The van der Waals surface area contributed by atoms with Crippen molar-refractivity contribution in [3.63, 3.8) is 0 Å². The fourth-order valence-corrected chi connectivity index (χ4v) is 4.49. The van der Waals surface area contributed by atoms with E-state index >= 15 is 0 Å². The summed E-state index contributed by atoms with van der Waals surface area (Å²) in [6, 6.07) is 3.48. The molecule has 0 amide bonds. The van der Waals surface area contributed by atoms with Gasteiger partial charge in [0.05, 0.1) is 11.0 Å². The first-order valence-corrected chi connectivity index (χ1v) is 9.23. The summed E-state index contributed by atoms with van der Waals surface area (Å²) in [4.78, 5) is 0.281. The summed E-state index contributed by atoms with van der Waals surface area (Å²) in [6.45, 7) is 5.15. The van der Waals surface area contributed by atoms with Gasteiger partial charge in [-0.1, -0.05) is 15.9 Å². The first-order chi connectivity index (χ1) is 9.85. The molecule has 0 aromatic heterocycles. The third-order valence-electron chi connectivity index (χ3n) is 3.95. The van der Waals surface area contributed by atoms with Crippen LogP contribution in [-0.4, -0.2) is 27.7 Å². The molecule has 3 N–H and O–H groups in total. The van der Waals surface area contributed by atoms with Crippen LogP contribution in [0.1, 0.15) is 24.5 Å². The topological polar surface area (TPSA) is 81.4 Å². The van der Waals surface area contributed by atoms with Crippen molar-refractivity contribution in [1.29, 1.82) is 0 Å². The van der Waals surface area contributed by atoms with E-state index in [2.05, 4.69) is 20.7 Å². The molecule has 1 aromatic carbocycles. The molecule has 2 atom stereocenters. The molecule has 0 spiro atoms. The maximum atomic E-state index is 12.5. The number of ether oxygens (including phenoxy) is 1. The Hall–Kier alpha value is -0.470. The number of nitrogens with two attached hydrogens (primary N) is 1. The third-order valence-corrected chi connectivity index (χ3v) is 6.32. The van der Waals surface area contributed by atoms with E-state index in [1.54, 1.807) is 13.0 Å². The minimum absolute atomic E-state index is 0.0934. The summed E-state index contributed by atoms with van der Waals surface area (Å²) in [5.41, 5.74) is 7.09. The molecule has 1 aliphatic heterocycles. The van der Waals surface area contributed by atoms with Crippen molar-refractivity contribution < 1.29 is 13.2 Å². The number of halogens is 1. The number of hydrogen-bond acceptors (Lipinski definition) is 4. The van der Waals surface area contributed by atoms with Crippen molar-refractivity contribution >= 4 is 26.0 Å². The molecule has 118 valence electrons. The fourth-order valence-electron chi connectivity index (χ4n) is 2.44. The van der Waals surface area contributed by atoms with Crippen LogP contribution in [0.3, 0.4) is 0 Å². The molecule has 21 heavy (non-hydrogen) atoms. The first kappa shape index (κ1) is 16.9. The van der Waals surface area contributed by atoms with Gasteiger partial charge in [0.2, 0.25) is 10.0 Å². The molecule has 1 saturated heterocycles. The molecule has 0 bridgehead atoms. The van der Waals surface area contributed by atoms with Gasteiger partial charge < -0.3 is 10.5 Å². The highest BCUT2D eigenvalue weighted by Gasteiger charge is 2.27. The lowest BCUT2D eigenvalue weighted by Gasteiger charge is -2.16. The van der Waals surface area contributed by atoms with Crippen LogP contribution in [0.25, 0.3) is 0 Å². The molecular weight excluding hydrogens is 356 g/mol. The Morgan fingerprint density at radius 3 is 2.76 bits per heavy atom. The quantitative estimate of drug-likeness (QED) is 0.822. The Labute approximate surface area is 134 Å². The molecule has 0 radical (unpaired) electrons. The fraction of sp³-hybridized carbons (Fsp3) is 0.571. The van der Waals surface area contributed by atoms with Crippen LogP contribution in [0.5, 0.6) is 0 Å². The van der Waals surface area contributed by atoms with Gasteiger partial charge in [-0.3, -0.25) is 0 Å². The van der Waals surface area contributed by atoms with Crippen LogP contribution in [0.4, 0.5) is 0 Å². The maximum absolute atomic E-state index is 12.5. The minimum atomic E-state index is -3.55. The molecular formula is C14H21BrN2O3S. The standard InChI is InChI=1S/C14H21BrN2O3S/c1-9-13(15)5-11(7-16)6-14(9)21(18,19)17-8-12-3-4-20-10(12)2/h5-6,10,12,17H,3-4,7-8,16H2,1-2H3. The van der Waals surface area contributed by atoms with Gasteiger partial charge in [-0.2, -0.15) is 0 Å². The van der Waals surface area contributed by atoms with Crippen LogP contribution in [-0.2, 0) is 21.3 Å². The van der Waals surface area contributed by atoms with E-state index in [9.17, 15) is 8.42 Å². The maximum Gasteiger partial charge on any atom is 0.240 e. The first-order valence-electron chi connectivity index (χ1n) is 6.95. The van der Waals surface area contributed by atoms with Gasteiger partial charge in [-0.05, 0) is 43.5 Å². The molecule has 5 nitrogen and oxygen atoms in total. The highest BCUT2D eigenvalue weighted by Crippen LogP contribution is 2.26. The van der Waals surface area contributed by atoms with Crippen molar-refractivity contribution in [2.75, 3.05) is 13.2 Å². The zero-order chi connectivity index (χ0) is 15.6. The van der Waals surface area contributed by atoms with Crippen LogP contribution < -0.4 is 10.5 Å². The second kappa shape index (κ2) is 6.75. The molecule has 1 heterocycles. The lowest BCUT2D eigenvalue weighted by molar-refractivity contribution is 0.107. The molecule has 7 heteroatoms. The number of rotatable bonds is 5. The average Bonchev–Trinajstić information content (AvgIpc) is 2.84. The van der Waals surface area contributed by atoms with Gasteiger partial charge >= 0.3 is 0 Å². The summed E-state index contributed by atoms with van der Waals surface area (Å²) in [5, 5.41) is 0. The highest BCUT2D eigenvalue weighted by atomic mass is 79.9. The van der Waals surface area contributed by atoms with Gasteiger partial charge in [0.15, 0.2) is 0 Å². The van der Waals surface area contributed by atoms with E-state index in [-0.39, 0.29) is 16.9 Å². The Bertz CT molecular complexity index is 619. The molecule has 2 rings (SSSR count). The van der Waals surface area contributed by atoms with Crippen LogP contribution in [0, 0.1) is 12.8 Å². The van der Waals surface area contributed by atoms with E-state index in [0.29, 0.717) is 25.3 Å². The average molecular weight is 377 g/mol. The SMILES string of the molecule is Cc1c(Br)cc(CN)cc1S(=O)(=O)NCC1CCOC1C. The van der Waals surface area contributed by atoms with Crippen molar-refractivity contribution in [2.45, 2.75) is 37.8 Å². The summed E-state index contributed by atoms with van der Waals surface area (Å²) in [6.07, 6.45) is 0.978. The molecule has 2 unspecified atom stereocenters. The normalized spacial score (nSPS) is 22.7. The van der Waals surface area contributed by atoms with Crippen molar-refractivity contribution in [2.24, 2.45) is 11.7 Å². The van der Waals surface area contributed by atoms with Crippen LogP contribution >= 0.6 is 15.9 Å².